The maximum atomic E-state index is 13.6. The van der Waals surface area contributed by atoms with E-state index in [2.05, 4.69) is 22.0 Å². The van der Waals surface area contributed by atoms with Crippen molar-refractivity contribution in [3.8, 4) is 0 Å². The number of likely N-dealkylation sites (N-methyl/N-ethyl adjacent to an activating group) is 1. The van der Waals surface area contributed by atoms with Gasteiger partial charge < -0.3 is 24.8 Å². The summed E-state index contributed by atoms with van der Waals surface area (Å²) < 4.78 is 5.01. The van der Waals surface area contributed by atoms with Crippen LogP contribution in [-0.4, -0.2) is 96.1 Å². The Morgan fingerprint density at radius 1 is 0.949 bits per heavy atom. The highest BCUT2D eigenvalue weighted by Gasteiger charge is 2.43. The lowest BCUT2D eigenvalue weighted by Gasteiger charge is -2.34. The SMILES string of the molecule is CCOC(=O)c1ccc(NC(=O)C[C@@H]2C(=O)N(c3ccccc3)C(=S)N2CCCN2CCN(CC)CC2)cc1. The zero-order valence-electron chi connectivity index (χ0n) is 22.7. The largest absolute Gasteiger partial charge is 0.462 e. The van der Waals surface area contributed by atoms with Crippen LogP contribution in [0.5, 0.6) is 0 Å². The van der Waals surface area contributed by atoms with Crippen LogP contribution in [0.3, 0.4) is 0 Å². The molecule has 0 saturated carbocycles. The normalized spacial score (nSPS) is 18.5. The highest BCUT2D eigenvalue weighted by Crippen LogP contribution is 2.27. The number of benzene rings is 2. The first-order chi connectivity index (χ1) is 18.9. The molecule has 0 aliphatic carbocycles. The number of nitrogens with one attached hydrogen (secondary N) is 1. The van der Waals surface area contributed by atoms with Gasteiger partial charge in [-0.1, -0.05) is 25.1 Å². The van der Waals surface area contributed by atoms with Gasteiger partial charge in [0.1, 0.15) is 6.04 Å². The highest BCUT2D eigenvalue weighted by molar-refractivity contribution is 7.80. The van der Waals surface area contributed by atoms with Gasteiger partial charge in [-0.15, -0.1) is 0 Å². The van der Waals surface area contributed by atoms with Gasteiger partial charge in [0.15, 0.2) is 5.11 Å². The molecule has 39 heavy (non-hydrogen) atoms. The minimum absolute atomic E-state index is 0.0306. The lowest BCUT2D eigenvalue weighted by molar-refractivity contribution is -0.124. The number of nitrogens with zero attached hydrogens (tertiary/aromatic N) is 4. The first-order valence-corrected chi connectivity index (χ1v) is 14.0. The standard InChI is InChI=1S/C29H37N5O4S/c1-3-31-17-19-32(20-18-31)15-8-16-33-25(27(36)34(29(33)39)24-9-6-5-7-10-24)21-26(35)30-23-13-11-22(12-14-23)28(37)38-4-2/h5-7,9-14,25H,3-4,8,15-21H2,1-2H3,(H,30,35)/t25-/m1/s1. The van der Waals surface area contributed by atoms with Gasteiger partial charge in [-0.05, 0) is 75.1 Å². The molecule has 0 aromatic heterocycles. The lowest BCUT2D eigenvalue weighted by atomic mass is 10.1. The molecule has 1 atom stereocenters. The van der Waals surface area contributed by atoms with Crippen molar-refractivity contribution in [2.45, 2.75) is 32.7 Å². The molecule has 0 spiro atoms. The van der Waals surface area contributed by atoms with Crippen molar-refractivity contribution in [1.82, 2.24) is 14.7 Å². The molecule has 2 fully saturated rings. The minimum Gasteiger partial charge on any atom is -0.462 e. The summed E-state index contributed by atoms with van der Waals surface area (Å²) in [5.41, 5.74) is 1.65. The van der Waals surface area contributed by atoms with E-state index in [-0.39, 0.29) is 18.2 Å². The van der Waals surface area contributed by atoms with Crippen LogP contribution in [0.15, 0.2) is 54.6 Å². The molecule has 2 amide bonds. The number of carbonyl (C=O) groups excluding carboxylic acids is 3. The summed E-state index contributed by atoms with van der Waals surface area (Å²) >= 11 is 5.78. The van der Waals surface area contributed by atoms with Crippen molar-refractivity contribution in [3.63, 3.8) is 0 Å². The molecule has 10 heteroatoms. The number of hydrogen-bond acceptors (Lipinski definition) is 7. The molecule has 1 N–H and O–H groups in total. The second kappa shape index (κ2) is 13.6. The van der Waals surface area contributed by atoms with Crippen LogP contribution in [0.2, 0.25) is 0 Å². The smallest absolute Gasteiger partial charge is 0.338 e. The number of para-hydroxylation sites is 1. The Labute approximate surface area is 235 Å². The van der Waals surface area contributed by atoms with Gasteiger partial charge in [-0.3, -0.25) is 14.5 Å². The molecule has 0 bridgehead atoms. The fourth-order valence-corrected chi connectivity index (χ4v) is 5.40. The van der Waals surface area contributed by atoms with Crippen LogP contribution in [0.4, 0.5) is 11.4 Å². The number of esters is 1. The molecule has 208 valence electrons. The molecule has 2 saturated heterocycles. The number of thiocarbonyl (C=S) groups is 1. The van der Waals surface area contributed by atoms with Crippen molar-refractivity contribution in [1.29, 1.82) is 0 Å². The second-order valence-corrected chi connectivity index (χ2v) is 10.0. The molecule has 0 unspecified atom stereocenters. The third kappa shape index (κ3) is 7.20. The van der Waals surface area contributed by atoms with E-state index < -0.39 is 12.0 Å². The van der Waals surface area contributed by atoms with E-state index in [1.165, 1.54) is 0 Å². The van der Waals surface area contributed by atoms with Gasteiger partial charge in [-0.2, -0.15) is 0 Å². The third-order valence-corrected chi connectivity index (χ3v) is 7.59. The molecule has 4 rings (SSSR count). The summed E-state index contributed by atoms with van der Waals surface area (Å²) in [6, 6.07) is 15.1. The van der Waals surface area contributed by atoms with Crippen LogP contribution in [0.1, 0.15) is 37.0 Å². The van der Waals surface area contributed by atoms with E-state index in [0.717, 1.165) is 45.7 Å². The van der Waals surface area contributed by atoms with E-state index in [0.29, 0.717) is 35.2 Å². The topological polar surface area (TPSA) is 85.4 Å². The monoisotopic (exact) mass is 551 g/mol. The predicted molar refractivity (Wildman–Crippen MR) is 156 cm³/mol. The Balaban J connectivity index is 1.41. The van der Waals surface area contributed by atoms with Crippen molar-refractivity contribution in [2.75, 3.05) is 62.6 Å². The average molecular weight is 552 g/mol. The Kier molecular flexibility index (Phi) is 10.0. The molecule has 2 aromatic carbocycles. The van der Waals surface area contributed by atoms with Crippen LogP contribution >= 0.6 is 12.2 Å². The maximum Gasteiger partial charge on any atom is 0.338 e. The van der Waals surface area contributed by atoms with Crippen LogP contribution in [0.25, 0.3) is 0 Å². The number of piperazine rings is 1. The van der Waals surface area contributed by atoms with Gasteiger partial charge in [0.25, 0.3) is 5.91 Å². The minimum atomic E-state index is -0.687. The number of amides is 2. The lowest BCUT2D eigenvalue weighted by Crippen LogP contribution is -2.47. The number of anilines is 2. The average Bonchev–Trinajstić information content (AvgIpc) is 3.18. The number of rotatable bonds is 11. The van der Waals surface area contributed by atoms with Crippen molar-refractivity contribution < 1.29 is 19.1 Å². The van der Waals surface area contributed by atoms with Crippen molar-refractivity contribution in [2.24, 2.45) is 0 Å². The van der Waals surface area contributed by atoms with E-state index in [1.54, 1.807) is 36.1 Å². The quantitative estimate of drug-likeness (QED) is 0.337. The molecule has 2 aliphatic heterocycles. The van der Waals surface area contributed by atoms with Crippen LogP contribution < -0.4 is 10.2 Å². The first-order valence-electron chi connectivity index (χ1n) is 13.6. The molecule has 2 aliphatic rings. The van der Waals surface area contributed by atoms with E-state index in [4.69, 9.17) is 17.0 Å². The van der Waals surface area contributed by atoms with Crippen LogP contribution in [-0.2, 0) is 14.3 Å². The van der Waals surface area contributed by atoms with Crippen molar-refractivity contribution >= 4 is 46.5 Å². The van der Waals surface area contributed by atoms with E-state index >= 15 is 0 Å². The fourth-order valence-electron chi connectivity index (χ4n) is 4.99. The summed E-state index contributed by atoms with van der Waals surface area (Å²) in [5, 5.41) is 3.28. The zero-order chi connectivity index (χ0) is 27.8. The van der Waals surface area contributed by atoms with Crippen LogP contribution in [0, 0.1) is 0 Å². The fraction of sp³-hybridized carbons (Fsp3) is 0.448. The molecular formula is C29H37N5O4S. The summed E-state index contributed by atoms with van der Waals surface area (Å²) in [6.45, 7) is 11.0. The van der Waals surface area contributed by atoms with Gasteiger partial charge in [0.2, 0.25) is 5.91 Å². The number of carbonyl (C=O) groups is 3. The summed E-state index contributed by atoms with van der Waals surface area (Å²) in [5.74, 6) is -0.907. The Morgan fingerprint density at radius 2 is 1.62 bits per heavy atom. The summed E-state index contributed by atoms with van der Waals surface area (Å²) in [4.78, 5) is 46.9. The Morgan fingerprint density at radius 3 is 2.26 bits per heavy atom. The van der Waals surface area contributed by atoms with E-state index in [1.807, 2.05) is 35.2 Å². The second-order valence-electron chi connectivity index (χ2n) is 9.68. The van der Waals surface area contributed by atoms with Gasteiger partial charge in [0, 0.05) is 38.4 Å². The molecular weight excluding hydrogens is 514 g/mol. The Bertz CT molecular complexity index is 1150. The molecule has 2 heterocycles. The maximum absolute atomic E-state index is 13.6. The molecule has 0 radical (unpaired) electrons. The number of hydrogen-bond donors (Lipinski definition) is 1. The van der Waals surface area contributed by atoms with Gasteiger partial charge >= 0.3 is 5.97 Å². The van der Waals surface area contributed by atoms with E-state index in [9.17, 15) is 14.4 Å². The molecule has 2 aromatic rings. The predicted octanol–water partition coefficient (Wildman–Crippen LogP) is 3.22. The number of ether oxygens (including phenoxy) is 1. The van der Waals surface area contributed by atoms with Crippen molar-refractivity contribution in [3.05, 3.63) is 60.2 Å². The van der Waals surface area contributed by atoms with Gasteiger partial charge in [-0.25, -0.2) is 4.79 Å². The third-order valence-electron chi connectivity index (χ3n) is 7.18. The first kappa shape index (κ1) is 28.7. The molecule has 9 nitrogen and oxygen atoms in total. The zero-order valence-corrected chi connectivity index (χ0v) is 23.5. The Hall–Kier alpha value is -3.34. The highest BCUT2D eigenvalue weighted by atomic mass is 32.1. The summed E-state index contributed by atoms with van der Waals surface area (Å²) in [6.07, 6.45) is 0.812. The van der Waals surface area contributed by atoms with Gasteiger partial charge in [0.05, 0.1) is 24.3 Å². The summed E-state index contributed by atoms with van der Waals surface area (Å²) in [7, 11) is 0.